The van der Waals surface area contributed by atoms with Crippen molar-refractivity contribution in [2.24, 2.45) is 11.3 Å². The highest BCUT2D eigenvalue weighted by Crippen LogP contribution is 2.36. The minimum absolute atomic E-state index is 0.0609. The third-order valence-electron chi connectivity index (χ3n) is 5.01. The van der Waals surface area contributed by atoms with Crippen molar-refractivity contribution >= 4 is 11.8 Å². The summed E-state index contributed by atoms with van der Waals surface area (Å²) in [4.78, 5) is 26.8. The number of aromatic nitrogens is 1. The second-order valence-corrected chi connectivity index (χ2v) is 7.25. The van der Waals surface area contributed by atoms with Gasteiger partial charge in [-0.2, -0.15) is 0 Å². The summed E-state index contributed by atoms with van der Waals surface area (Å²) in [6.07, 6.45) is 1.04. The Morgan fingerprint density at radius 1 is 1.31 bits per heavy atom. The van der Waals surface area contributed by atoms with Crippen LogP contribution in [0.15, 0.2) is 40.9 Å². The Bertz CT molecular complexity index is 785. The van der Waals surface area contributed by atoms with E-state index in [0.717, 1.165) is 11.3 Å². The molecule has 1 fully saturated rings. The van der Waals surface area contributed by atoms with Gasteiger partial charge in [-0.3, -0.25) is 9.59 Å². The summed E-state index contributed by atoms with van der Waals surface area (Å²) in [7, 11) is 1.63. The topological polar surface area (TPSA) is 75.4 Å². The maximum absolute atomic E-state index is 12.6. The first kappa shape index (κ1) is 18.2. The van der Waals surface area contributed by atoms with Crippen LogP contribution in [0.4, 0.5) is 0 Å². The molecule has 1 aliphatic heterocycles. The Morgan fingerprint density at radius 2 is 2.04 bits per heavy atom. The lowest BCUT2D eigenvalue weighted by molar-refractivity contribution is -0.135. The van der Waals surface area contributed by atoms with Gasteiger partial charge < -0.3 is 14.7 Å². The number of likely N-dealkylation sites (tertiary alicyclic amines) is 1. The van der Waals surface area contributed by atoms with Crippen LogP contribution in [0.3, 0.4) is 0 Å². The van der Waals surface area contributed by atoms with Gasteiger partial charge in [0.05, 0.1) is 5.41 Å². The van der Waals surface area contributed by atoms with Gasteiger partial charge in [0.1, 0.15) is 11.5 Å². The van der Waals surface area contributed by atoms with Crippen LogP contribution in [-0.4, -0.2) is 42.0 Å². The van der Waals surface area contributed by atoms with Crippen molar-refractivity contribution in [3.05, 3.63) is 42.2 Å². The first-order chi connectivity index (χ1) is 12.4. The predicted molar refractivity (Wildman–Crippen MR) is 98.2 cm³/mol. The van der Waals surface area contributed by atoms with Crippen molar-refractivity contribution < 1.29 is 14.1 Å². The van der Waals surface area contributed by atoms with Crippen LogP contribution in [0.1, 0.15) is 26.0 Å². The zero-order chi connectivity index (χ0) is 18.7. The molecule has 1 saturated heterocycles. The van der Waals surface area contributed by atoms with Crippen LogP contribution in [0, 0.1) is 11.3 Å². The third-order valence-corrected chi connectivity index (χ3v) is 5.01. The average molecular weight is 355 g/mol. The lowest BCUT2D eigenvalue weighted by atomic mass is 9.81. The van der Waals surface area contributed by atoms with E-state index in [9.17, 15) is 9.59 Å². The molecule has 0 saturated carbocycles. The molecule has 0 radical (unpaired) electrons. The highest BCUT2D eigenvalue weighted by molar-refractivity contribution is 5.86. The second kappa shape index (κ2) is 7.32. The van der Waals surface area contributed by atoms with Gasteiger partial charge in [0.15, 0.2) is 0 Å². The monoisotopic (exact) mass is 355 g/mol. The lowest BCUT2D eigenvalue weighted by Crippen LogP contribution is -2.44. The SMILES string of the molecule is CNC(=O)[C@@]1(Cc2cc(-c3ccccc3)no2)CCN(C(=O)C(C)C)C1. The van der Waals surface area contributed by atoms with Crippen molar-refractivity contribution in [1.29, 1.82) is 0 Å². The molecule has 6 heteroatoms. The Balaban J connectivity index is 1.81. The number of nitrogens with one attached hydrogen (secondary N) is 1. The van der Waals surface area contributed by atoms with Gasteiger partial charge in [-0.1, -0.05) is 49.3 Å². The molecule has 0 spiro atoms. The number of hydrogen-bond acceptors (Lipinski definition) is 4. The average Bonchev–Trinajstić information content (AvgIpc) is 3.29. The van der Waals surface area contributed by atoms with E-state index in [4.69, 9.17) is 4.52 Å². The molecule has 6 nitrogen and oxygen atoms in total. The third kappa shape index (κ3) is 3.49. The minimum atomic E-state index is -0.674. The predicted octanol–water partition coefficient (Wildman–Crippen LogP) is 2.50. The summed E-state index contributed by atoms with van der Waals surface area (Å²) >= 11 is 0. The number of carbonyl (C=O) groups excluding carboxylic acids is 2. The van der Waals surface area contributed by atoms with Gasteiger partial charge in [0.25, 0.3) is 0 Å². The van der Waals surface area contributed by atoms with E-state index >= 15 is 0 Å². The van der Waals surface area contributed by atoms with Crippen LogP contribution < -0.4 is 5.32 Å². The Kier molecular flexibility index (Phi) is 5.11. The molecule has 0 unspecified atom stereocenters. The maximum Gasteiger partial charge on any atom is 0.228 e. The molecule has 1 aromatic heterocycles. The zero-order valence-electron chi connectivity index (χ0n) is 15.5. The summed E-state index contributed by atoms with van der Waals surface area (Å²) in [6.45, 7) is 4.75. The number of rotatable bonds is 5. The first-order valence-corrected chi connectivity index (χ1v) is 8.97. The molecule has 26 heavy (non-hydrogen) atoms. The normalized spacial score (nSPS) is 19.8. The Labute approximate surface area is 153 Å². The molecular weight excluding hydrogens is 330 g/mol. The van der Waals surface area contributed by atoms with Crippen LogP contribution in [0.5, 0.6) is 0 Å². The van der Waals surface area contributed by atoms with Gasteiger partial charge >= 0.3 is 0 Å². The molecule has 0 aliphatic carbocycles. The molecule has 0 bridgehead atoms. The molecule has 1 N–H and O–H groups in total. The minimum Gasteiger partial charge on any atom is -0.361 e. The van der Waals surface area contributed by atoms with Crippen LogP contribution in [0.25, 0.3) is 11.3 Å². The van der Waals surface area contributed by atoms with Crippen molar-refractivity contribution in [2.75, 3.05) is 20.1 Å². The zero-order valence-corrected chi connectivity index (χ0v) is 15.5. The molecule has 3 rings (SSSR count). The van der Waals surface area contributed by atoms with E-state index in [1.165, 1.54) is 0 Å². The molecule has 1 atom stereocenters. The molecule has 2 heterocycles. The highest BCUT2D eigenvalue weighted by atomic mass is 16.5. The largest absolute Gasteiger partial charge is 0.361 e. The van der Waals surface area contributed by atoms with Crippen LogP contribution >= 0.6 is 0 Å². The number of benzene rings is 1. The van der Waals surface area contributed by atoms with Gasteiger partial charge in [0.2, 0.25) is 11.8 Å². The van der Waals surface area contributed by atoms with E-state index in [0.29, 0.717) is 31.7 Å². The van der Waals surface area contributed by atoms with Crippen molar-refractivity contribution in [3.63, 3.8) is 0 Å². The Morgan fingerprint density at radius 3 is 2.69 bits per heavy atom. The molecule has 2 amide bonds. The fraction of sp³-hybridized carbons (Fsp3) is 0.450. The molecule has 138 valence electrons. The summed E-state index contributed by atoms with van der Waals surface area (Å²) in [5.74, 6) is 0.601. The van der Waals surface area contributed by atoms with Gasteiger partial charge in [0, 0.05) is 44.1 Å². The quantitative estimate of drug-likeness (QED) is 0.894. The first-order valence-electron chi connectivity index (χ1n) is 8.97. The Hall–Kier alpha value is -2.63. The van der Waals surface area contributed by atoms with E-state index in [-0.39, 0.29) is 17.7 Å². The van der Waals surface area contributed by atoms with Gasteiger partial charge in [-0.15, -0.1) is 0 Å². The standard InChI is InChI=1S/C20H25N3O3/c1-14(2)18(24)23-10-9-20(13-23,19(25)21-3)12-16-11-17(22-26-16)15-7-5-4-6-8-15/h4-8,11,14H,9-10,12-13H2,1-3H3,(H,21,25)/t20-/m1/s1. The van der Waals surface area contributed by atoms with E-state index in [1.807, 2.05) is 50.2 Å². The smallest absolute Gasteiger partial charge is 0.228 e. The molecule has 1 aliphatic rings. The fourth-order valence-electron chi connectivity index (χ4n) is 3.58. The van der Waals surface area contributed by atoms with E-state index < -0.39 is 5.41 Å². The fourth-order valence-corrected chi connectivity index (χ4v) is 3.58. The number of amides is 2. The van der Waals surface area contributed by atoms with Gasteiger partial charge in [-0.25, -0.2) is 0 Å². The molecular formula is C20H25N3O3. The van der Waals surface area contributed by atoms with Crippen LogP contribution in [0.2, 0.25) is 0 Å². The number of nitrogens with zero attached hydrogens (tertiary/aromatic N) is 2. The van der Waals surface area contributed by atoms with Gasteiger partial charge in [-0.05, 0) is 6.42 Å². The maximum atomic E-state index is 12.6. The van der Waals surface area contributed by atoms with E-state index in [1.54, 1.807) is 11.9 Å². The van der Waals surface area contributed by atoms with Crippen molar-refractivity contribution in [1.82, 2.24) is 15.4 Å². The van der Waals surface area contributed by atoms with Crippen molar-refractivity contribution in [3.8, 4) is 11.3 Å². The highest BCUT2D eigenvalue weighted by Gasteiger charge is 2.46. The molecule has 2 aromatic rings. The summed E-state index contributed by atoms with van der Waals surface area (Å²) in [5.41, 5.74) is 1.05. The lowest BCUT2D eigenvalue weighted by Gasteiger charge is -2.27. The number of hydrogen-bond donors (Lipinski definition) is 1. The summed E-state index contributed by atoms with van der Waals surface area (Å²) in [5, 5.41) is 6.90. The van der Waals surface area contributed by atoms with E-state index in [2.05, 4.69) is 10.5 Å². The second-order valence-electron chi connectivity index (χ2n) is 7.25. The van der Waals surface area contributed by atoms with Crippen molar-refractivity contribution in [2.45, 2.75) is 26.7 Å². The summed E-state index contributed by atoms with van der Waals surface area (Å²) < 4.78 is 5.51. The summed E-state index contributed by atoms with van der Waals surface area (Å²) in [6, 6.07) is 11.7. The number of carbonyl (C=O) groups is 2. The molecule has 1 aromatic carbocycles. The van der Waals surface area contributed by atoms with Crippen LogP contribution in [-0.2, 0) is 16.0 Å².